The summed E-state index contributed by atoms with van der Waals surface area (Å²) in [5.74, 6) is 2.17. The van der Waals surface area contributed by atoms with Crippen molar-refractivity contribution < 1.29 is 23.7 Å². The first-order chi connectivity index (χ1) is 16.6. The molecule has 0 radical (unpaired) electrons. The Kier molecular flexibility index (Phi) is 4.59. The molecule has 1 spiro atoms. The van der Waals surface area contributed by atoms with Crippen molar-refractivity contribution in [2.24, 2.45) is 0 Å². The highest BCUT2D eigenvalue weighted by atomic mass is 16.6. The van der Waals surface area contributed by atoms with Crippen LogP contribution < -0.4 is 14.2 Å². The lowest BCUT2D eigenvalue weighted by Crippen LogP contribution is -2.33. The van der Waals surface area contributed by atoms with Gasteiger partial charge in [-0.15, -0.1) is 0 Å². The van der Waals surface area contributed by atoms with Crippen molar-refractivity contribution in [1.82, 2.24) is 0 Å². The molecule has 0 bridgehead atoms. The maximum atomic E-state index is 13.0. The number of fused-ring (bicyclic) bond motifs is 6. The lowest BCUT2D eigenvalue weighted by Gasteiger charge is -2.37. The van der Waals surface area contributed by atoms with Crippen LogP contribution in [0.4, 0.5) is 0 Å². The number of esters is 1. The fraction of sp³-hybridized carbons (Fsp3) is 0.138. The number of rotatable bonds is 4. The van der Waals surface area contributed by atoms with Crippen LogP contribution in [0.25, 0.3) is 0 Å². The molecule has 0 aliphatic carbocycles. The zero-order valence-electron chi connectivity index (χ0n) is 18.8. The van der Waals surface area contributed by atoms with Gasteiger partial charge in [-0.3, -0.25) is 0 Å². The summed E-state index contributed by atoms with van der Waals surface area (Å²) in [4.78, 5) is 13.0. The van der Waals surface area contributed by atoms with Crippen LogP contribution in [0.1, 0.15) is 38.2 Å². The molecule has 0 fully saturated rings. The van der Waals surface area contributed by atoms with Crippen LogP contribution in [0.3, 0.4) is 0 Å². The molecule has 0 aromatic heterocycles. The number of carbonyl (C=O) groups excluding carboxylic acids is 1. The molecule has 1 atom stereocenters. The Balaban J connectivity index is 1.51. The average Bonchev–Trinajstić information content (AvgIpc) is 3.16. The van der Waals surface area contributed by atoms with Crippen LogP contribution in [-0.2, 0) is 16.9 Å². The van der Waals surface area contributed by atoms with E-state index in [1.54, 1.807) is 13.2 Å². The number of ether oxygens (including phenoxy) is 4. The number of aryl methyl sites for hydroxylation is 1. The van der Waals surface area contributed by atoms with E-state index in [1.165, 1.54) is 0 Å². The monoisotopic (exact) mass is 450 g/mol. The molecule has 2 heterocycles. The minimum absolute atomic E-state index is 0.354. The molecule has 34 heavy (non-hydrogen) atoms. The van der Waals surface area contributed by atoms with E-state index in [1.807, 2.05) is 85.8 Å². The SMILES string of the molecule is COc1cc2c(cc1C)C1(OC(=O)c3ccccc31)c1ccc(OCc3ccccc3)cc1O2. The maximum Gasteiger partial charge on any atom is 0.340 e. The number of hydrogen-bond donors (Lipinski definition) is 0. The lowest BCUT2D eigenvalue weighted by molar-refractivity contribution is 0.0223. The van der Waals surface area contributed by atoms with E-state index in [4.69, 9.17) is 18.9 Å². The number of carbonyl (C=O) groups is 1. The first kappa shape index (κ1) is 20.4. The second kappa shape index (κ2) is 7.66. The van der Waals surface area contributed by atoms with Gasteiger partial charge in [0.1, 0.15) is 29.6 Å². The molecule has 0 saturated heterocycles. The quantitative estimate of drug-likeness (QED) is 0.349. The molecule has 0 saturated carbocycles. The van der Waals surface area contributed by atoms with Crippen molar-refractivity contribution in [1.29, 1.82) is 0 Å². The second-order valence-corrected chi connectivity index (χ2v) is 8.47. The first-order valence-electron chi connectivity index (χ1n) is 11.1. The summed E-state index contributed by atoms with van der Waals surface area (Å²) in [6, 6.07) is 27.0. The van der Waals surface area contributed by atoms with Crippen molar-refractivity contribution >= 4 is 5.97 Å². The lowest BCUT2D eigenvalue weighted by atomic mass is 9.77. The van der Waals surface area contributed by atoms with Gasteiger partial charge >= 0.3 is 5.97 Å². The molecular formula is C29H22O5. The van der Waals surface area contributed by atoms with Crippen LogP contribution in [0.2, 0.25) is 0 Å². The minimum atomic E-state index is -1.11. The zero-order valence-corrected chi connectivity index (χ0v) is 18.8. The highest BCUT2D eigenvalue weighted by Gasteiger charge is 2.53. The van der Waals surface area contributed by atoms with Gasteiger partial charge in [-0.2, -0.15) is 0 Å². The summed E-state index contributed by atoms with van der Waals surface area (Å²) >= 11 is 0. The molecule has 6 rings (SSSR count). The summed E-state index contributed by atoms with van der Waals surface area (Å²) in [7, 11) is 1.63. The van der Waals surface area contributed by atoms with E-state index in [-0.39, 0.29) is 5.97 Å². The maximum absolute atomic E-state index is 13.0. The summed E-state index contributed by atoms with van der Waals surface area (Å²) in [6.45, 7) is 2.40. The molecule has 5 heteroatoms. The summed E-state index contributed by atoms with van der Waals surface area (Å²) in [6.07, 6.45) is 0. The predicted molar refractivity (Wildman–Crippen MR) is 127 cm³/mol. The fourth-order valence-electron chi connectivity index (χ4n) is 4.84. The van der Waals surface area contributed by atoms with Crippen molar-refractivity contribution in [2.75, 3.05) is 7.11 Å². The van der Waals surface area contributed by atoms with Crippen molar-refractivity contribution in [2.45, 2.75) is 19.1 Å². The topological polar surface area (TPSA) is 54.0 Å². The van der Waals surface area contributed by atoms with Gasteiger partial charge in [0.2, 0.25) is 0 Å². The number of methoxy groups -OCH3 is 1. The third-order valence-corrected chi connectivity index (χ3v) is 6.45. The predicted octanol–water partition coefficient (Wildman–Crippen LogP) is 6.15. The molecular weight excluding hydrogens is 428 g/mol. The van der Waals surface area contributed by atoms with Gasteiger partial charge < -0.3 is 18.9 Å². The Morgan fingerprint density at radius 2 is 1.59 bits per heavy atom. The standard InChI is InChI=1S/C29H22O5/c1-18-14-24-27(16-25(18)31-2)33-26-15-20(32-17-19-8-4-3-5-9-19)12-13-23(26)29(24)22-11-7-6-10-21(22)28(30)34-29/h3-16H,17H2,1-2H3. The van der Waals surface area contributed by atoms with E-state index in [0.717, 1.165) is 27.8 Å². The third kappa shape index (κ3) is 2.97. The molecule has 0 amide bonds. The van der Waals surface area contributed by atoms with Crippen molar-refractivity contribution in [3.05, 3.63) is 118 Å². The van der Waals surface area contributed by atoms with Crippen molar-refractivity contribution in [3.8, 4) is 23.0 Å². The van der Waals surface area contributed by atoms with E-state index < -0.39 is 5.60 Å². The van der Waals surface area contributed by atoms with Crippen LogP contribution in [-0.4, -0.2) is 13.1 Å². The fourth-order valence-corrected chi connectivity index (χ4v) is 4.84. The van der Waals surface area contributed by atoms with E-state index in [2.05, 4.69) is 0 Å². The van der Waals surface area contributed by atoms with Gasteiger partial charge in [0, 0.05) is 28.8 Å². The zero-order chi connectivity index (χ0) is 23.3. The smallest absolute Gasteiger partial charge is 0.340 e. The van der Waals surface area contributed by atoms with Crippen molar-refractivity contribution in [3.63, 3.8) is 0 Å². The number of benzene rings is 4. The van der Waals surface area contributed by atoms with Gasteiger partial charge in [-0.05, 0) is 42.3 Å². The Morgan fingerprint density at radius 3 is 2.41 bits per heavy atom. The Hall–Kier alpha value is -4.25. The van der Waals surface area contributed by atoms with Gasteiger partial charge in [0.15, 0.2) is 5.60 Å². The van der Waals surface area contributed by atoms with Gasteiger partial charge in [-0.25, -0.2) is 4.79 Å². The van der Waals surface area contributed by atoms with Crippen LogP contribution in [0, 0.1) is 6.92 Å². The Morgan fingerprint density at radius 1 is 0.824 bits per heavy atom. The molecule has 168 valence electrons. The van der Waals surface area contributed by atoms with Gasteiger partial charge in [0.05, 0.1) is 12.7 Å². The summed E-state index contributed by atoms with van der Waals surface area (Å²) in [5, 5.41) is 0. The second-order valence-electron chi connectivity index (χ2n) is 8.47. The first-order valence-corrected chi connectivity index (χ1v) is 11.1. The van der Waals surface area contributed by atoms with Crippen LogP contribution in [0.15, 0.2) is 84.9 Å². The van der Waals surface area contributed by atoms with E-state index in [0.29, 0.717) is 35.2 Å². The molecule has 0 N–H and O–H groups in total. The number of hydrogen-bond acceptors (Lipinski definition) is 5. The van der Waals surface area contributed by atoms with Crippen LogP contribution in [0.5, 0.6) is 23.0 Å². The van der Waals surface area contributed by atoms with E-state index >= 15 is 0 Å². The minimum Gasteiger partial charge on any atom is -0.496 e. The average molecular weight is 450 g/mol. The summed E-state index contributed by atoms with van der Waals surface area (Å²) < 4.78 is 24.1. The molecule has 5 nitrogen and oxygen atoms in total. The normalized spacial score (nSPS) is 17.3. The highest BCUT2D eigenvalue weighted by Crippen LogP contribution is 2.57. The Bertz CT molecular complexity index is 1430. The molecule has 2 aliphatic heterocycles. The van der Waals surface area contributed by atoms with Gasteiger partial charge in [-0.1, -0.05) is 48.5 Å². The third-order valence-electron chi connectivity index (χ3n) is 6.45. The van der Waals surface area contributed by atoms with E-state index in [9.17, 15) is 4.79 Å². The van der Waals surface area contributed by atoms with Crippen LogP contribution >= 0.6 is 0 Å². The molecule has 4 aromatic carbocycles. The highest BCUT2D eigenvalue weighted by molar-refractivity contribution is 5.97. The largest absolute Gasteiger partial charge is 0.496 e. The van der Waals surface area contributed by atoms with Gasteiger partial charge in [0.25, 0.3) is 0 Å². The molecule has 2 aliphatic rings. The molecule has 1 unspecified atom stereocenters. The molecule has 4 aromatic rings. The Labute approximate surface area is 197 Å². The summed E-state index contributed by atoms with van der Waals surface area (Å²) in [5.41, 5.74) is 3.78.